The maximum absolute atomic E-state index is 9.67. The van der Waals surface area contributed by atoms with E-state index in [9.17, 15) is 5.11 Å². The molecule has 1 aliphatic carbocycles. The van der Waals surface area contributed by atoms with E-state index in [2.05, 4.69) is 86.7 Å². The molecule has 0 radical (unpaired) electrons. The number of aliphatic hydroxyl groups is 1. The summed E-state index contributed by atoms with van der Waals surface area (Å²) >= 11 is 3.52. The quantitative estimate of drug-likeness (QED) is 0.328. The first-order valence-corrected chi connectivity index (χ1v) is 11.4. The number of nitrogens with zero attached hydrogens (tertiary/aromatic N) is 3. The van der Waals surface area contributed by atoms with Gasteiger partial charge in [-0.25, -0.2) is 4.98 Å². The number of allylic oxidation sites excluding steroid dienone is 1. The normalized spacial score (nSPS) is 14.6. The molecule has 1 atom stereocenters. The number of aromatic nitrogens is 3. The summed E-state index contributed by atoms with van der Waals surface area (Å²) in [6, 6.07) is 10.2. The Morgan fingerprint density at radius 3 is 2.68 bits per heavy atom. The second kappa shape index (κ2) is 9.28. The van der Waals surface area contributed by atoms with E-state index in [0.29, 0.717) is 23.9 Å². The molecule has 4 rings (SSSR count). The topological polar surface area (TPSA) is 86.5 Å². The molecule has 2 heterocycles. The van der Waals surface area contributed by atoms with Crippen molar-refractivity contribution in [3.63, 3.8) is 0 Å². The molecule has 0 aliphatic heterocycles. The van der Waals surface area contributed by atoms with Crippen molar-refractivity contribution in [3.8, 4) is 0 Å². The van der Waals surface area contributed by atoms with Crippen molar-refractivity contribution < 1.29 is 5.11 Å². The van der Waals surface area contributed by atoms with Gasteiger partial charge >= 0.3 is 0 Å². The number of rotatable bonds is 10. The maximum Gasteiger partial charge on any atom is 0.173 e. The number of hydrogen-bond donors (Lipinski definition) is 4. The third-order valence-corrected chi connectivity index (χ3v) is 6.13. The second-order valence-electron chi connectivity index (χ2n) is 8.41. The highest BCUT2D eigenvalue weighted by Crippen LogP contribution is 2.35. The van der Waals surface area contributed by atoms with Gasteiger partial charge in [0.1, 0.15) is 11.6 Å². The van der Waals surface area contributed by atoms with Crippen LogP contribution in [0, 0.1) is 11.8 Å². The maximum atomic E-state index is 9.67. The number of benzene rings is 1. The molecule has 0 amide bonds. The summed E-state index contributed by atoms with van der Waals surface area (Å²) in [5.41, 5.74) is 4.05. The summed E-state index contributed by atoms with van der Waals surface area (Å²) in [6.07, 6.45) is 4.21. The molecule has 3 aromatic rings. The molecule has 164 valence electrons. The largest absolute Gasteiger partial charge is 0.394 e. The molecule has 7 nitrogen and oxygen atoms in total. The molecule has 31 heavy (non-hydrogen) atoms. The van der Waals surface area contributed by atoms with Crippen molar-refractivity contribution in [2.45, 2.75) is 39.3 Å². The molecule has 0 bridgehead atoms. The zero-order valence-corrected chi connectivity index (χ0v) is 19.5. The Morgan fingerprint density at radius 2 is 2.03 bits per heavy atom. The minimum absolute atomic E-state index is 0.0429. The molecular weight excluding hydrogens is 456 g/mol. The lowest BCUT2D eigenvalue weighted by molar-refractivity contribution is 0.249. The van der Waals surface area contributed by atoms with Crippen molar-refractivity contribution in [1.29, 1.82) is 0 Å². The average molecular weight is 485 g/mol. The third-order valence-electron chi connectivity index (χ3n) is 5.57. The molecule has 2 aromatic heterocycles. The first kappa shape index (κ1) is 21.6. The Morgan fingerprint density at radius 1 is 1.29 bits per heavy atom. The van der Waals surface area contributed by atoms with Crippen LogP contribution in [0.3, 0.4) is 0 Å². The Hall–Kier alpha value is -2.58. The summed E-state index contributed by atoms with van der Waals surface area (Å²) < 4.78 is 2.59. The number of fused-ring (bicyclic) bond motifs is 1. The molecule has 4 N–H and O–H groups in total. The molecule has 1 aromatic carbocycles. The molecule has 1 saturated carbocycles. The van der Waals surface area contributed by atoms with Gasteiger partial charge in [-0.2, -0.15) is 9.61 Å². The van der Waals surface area contributed by atoms with Gasteiger partial charge in [-0.15, -0.1) is 0 Å². The van der Waals surface area contributed by atoms with Crippen LogP contribution in [0.15, 0.2) is 53.3 Å². The minimum atomic E-state index is -0.0741. The molecule has 0 saturated heterocycles. The summed E-state index contributed by atoms with van der Waals surface area (Å²) in [5, 5.41) is 24.3. The van der Waals surface area contributed by atoms with Crippen LogP contribution in [0.1, 0.15) is 32.3 Å². The van der Waals surface area contributed by atoms with Gasteiger partial charge in [0.15, 0.2) is 5.65 Å². The highest BCUT2D eigenvalue weighted by Gasteiger charge is 2.24. The summed E-state index contributed by atoms with van der Waals surface area (Å²) in [7, 11) is 0. The van der Waals surface area contributed by atoms with Gasteiger partial charge in [-0.05, 0) is 58.3 Å². The van der Waals surface area contributed by atoms with Gasteiger partial charge in [-0.3, -0.25) is 0 Å². The molecule has 1 aliphatic rings. The molecule has 0 unspecified atom stereocenters. The smallest absolute Gasteiger partial charge is 0.173 e. The van der Waals surface area contributed by atoms with E-state index in [1.165, 1.54) is 12.8 Å². The fourth-order valence-electron chi connectivity index (χ4n) is 3.37. The number of halogens is 1. The van der Waals surface area contributed by atoms with Crippen molar-refractivity contribution in [1.82, 2.24) is 14.6 Å². The predicted octanol–water partition coefficient (Wildman–Crippen LogP) is 4.87. The summed E-state index contributed by atoms with van der Waals surface area (Å²) in [6.45, 7) is 8.95. The van der Waals surface area contributed by atoms with E-state index in [-0.39, 0.29) is 18.6 Å². The Kier molecular flexibility index (Phi) is 6.48. The fraction of sp³-hybridized carbons (Fsp3) is 0.391. The zero-order valence-electron chi connectivity index (χ0n) is 17.9. The van der Waals surface area contributed by atoms with E-state index < -0.39 is 0 Å². The van der Waals surface area contributed by atoms with Crippen LogP contribution >= 0.6 is 15.9 Å². The van der Waals surface area contributed by atoms with E-state index in [1.807, 2.05) is 6.07 Å². The lowest BCUT2D eigenvalue weighted by Crippen LogP contribution is -2.30. The van der Waals surface area contributed by atoms with Crippen molar-refractivity contribution in [2.75, 3.05) is 22.6 Å². The van der Waals surface area contributed by atoms with Crippen molar-refractivity contribution >= 4 is 38.9 Å². The van der Waals surface area contributed by atoms with Crippen molar-refractivity contribution in [2.24, 2.45) is 11.8 Å². The van der Waals surface area contributed by atoms with Gasteiger partial charge in [-0.1, -0.05) is 32.6 Å². The number of hydrogen-bond acceptors (Lipinski definition) is 6. The number of nitrogens with one attached hydrogen (secondary N) is 3. The Balaban J connectivity index is 1.48. The van der Waals surface area contributed by atoms with Crippen LogP contribution in [-0.2, 0) is 6.54 Å². The highest BCUT2D eigenvalue weighted by molar-refractivity contribution is 9.10. The summed E-state index contributed by atoms with van der Waals surface area (Å²) in [4.78, 5) is 4.65. The van der Waals surface area contributed by atoms with Crippen LogP contribution in [0.5, 0.6) is 0 Å². The van der Waals surface area contributed by atoms with E-state index >= 15 is 0 Å². The predicted molar refractivity (Wildman–Crippen MR) is 129 cm³/mol. The van der Waals surface area contributed by atoms with Crippen LogP contribution in [0.2, 0.25) is 0 Å². The second-order valence-corrected chi connectivity index (χ2v) is 9.26. The van der Waals surface area contributed by atoms with Gasteiger partial charge < -0.3 is 21.1 Å². The third kappa shape index (κ3) is 5.19. The Labute approximate surface area is 191 Å². The Bertz CT molecular complexity index is 1060. The first-order valence-electron chi connectivity index (χ1n) is 10.6. The van der Waals surface area contributed by atoms with Gasteiger partial charge in [0.05, 0.1) is 23.3 Å². The monoisotopic (exact) mass is 484 g/mol. The molecule has 1 fully saturated rings. The standard InChI is InChI=1S/C23H29BrN6O/c1-14(2)20(13-31)28-21-10-22(30-23(29-21)19(24)12-26-30)25-11-16-4-8-18(9-5-16)27-15(3)17-6-7-17/h4-5,8-10,12,14,17,20,25,27,31H,3,6-7,11,13H2,1-2H3,(H,28,29)/t20-/m0/s1. The van der Waals surface area contributed by atoms with E-state index in [4.69, 9.17) is 0 Å². The molecular formula is C23H29BrN6O. The minimum Gasteiger partial charge on any atom is -0.394 e. The summed E-state index contributed by atoms with van der Waals surface area (Å²) in [5.74, 6) is 2.42. The fourth-order valence-corrected chi connectivity index (χ4v) is 3.72. The van der Waals surface area contributed by atoms with Gasteiger partial charge in [0.25, 0.3) is 0 Å². The zero-order chi connectivity index (χ0) is 22.0. The van der Waals surface area contributed by atoms with Gasteiger partial charge in [0, 0.05) is 24.0 Å². The van der Waals surface area contributed by atoms with E-state index in [0.717, 1.165) is 27.2 Å². The average Bonchev–Trinajstić information content (AvgIpc) is 3.55. The van der Waals surface area contributed by atoms with E-state index in [1.54, 1.807) is 10.7 Å². The molecule has 0 spiro atoms. The lowest BCUT2D eigenvalue weighted by atomic mass is 10.1. The van der Waals surface area contributed by atoms with Crippen molar-refractivity contribution in [3.05, 3.63) is 58.8 Å². The van der Waals surface area contributed by atoms with Crippen LogP contribution in [0.25, 0.3) is 5.65 Å². The van der Waals surface area contributed by atoms with Crippen LogP contribution < -0.4 is 16.0 Å². The number of aliphatic hydroxyl groups excluding tert-OH is 1. The van der Waals surface area contributed by atoms with Crippen LogP contribution in [-0.4, -0.2) is 32.4 Å². The lowest BCUT2D eigenvalue weighted by Gasteiger charge is -2.21. The van der Waals surface area contributed by atoms with Crippen LogP contribution in [0.4, 0.5) is 17.3 Å². The SMILES string of the molecule is C=C(Nc1ccc(CNc2cc(N[C@@H](CO)C(C)C)nc3c(Br)cnn23)cc1)C1CC1. The number of anilines is 3. The first-order chi connectivity index (χ1) is 14.9. The molecule has 8 heteroatoms. The highest BCUT2D eigenvalue weighted by atomic mass is 79.9. The van der Waals surface area contributed by atoms with Gasteiger partial charge in [0.2, 0.25) is 0 Å².